The lowest BCUT2D eigenvalue weighted by Gasteiger charge is -2.05. The molecule has 0 saturated heterocycles. The number of aryl methyl sites for hydroxylation is 1. The van der Waals surface area contributed by atoms with Gasteiger partial charge in [-0.15, -0.1) is 0 Å². The molecule has 62 valence electrons. The molecule has 0 bridgehead atoms. The molecule has 12 heavy (non-hydrogen) atoms. The molecule has 0 aliphatic heterocycles. The van der Waals surface area contributed by atoms with Gasteiger partial charge in [-0.25, -0.2) is 8.78 Å². The van der Waals surface area contributed by atoms with Crippen LogP contribution in [0.4, 0.5) is 8.78 Å². The predicted molar refractivity (Wildman–Crippen MR) is 40.9 cm³/mol. The van der Waals surface area contributed by atoms with Crippen molar-refractivity contribution >= 4 is 0 Å². The summed E-state index contributed by atoms with van der Waals surface area (Å²) in [5.74, 6) is 0. The van der Waals surface area contributed by atoms with E-state index in [1.807, 2.05) is 0 Å². The van der Waals surface area contributed by atoms with Crippen molar-refractivity contribution in [1.29, 1.82) is 5.26 Å². The average molecular weight is 167 g/mol. The van der Waals surface area contributed by atoms with Crippen LogP contribution in [0.2, 0.25) is 0 Å². The van der Waals surface area contributed by atoms with E-state index in [9.17, 15) is 8.78 Å². The summed E-state index contributed by atoms with van der Waals surface area (Å²) >= 11 is 0. The Hall–Kier alpha value is -1.43. The maximum Gasteiger partial charge on any atom is 0.265 e. The standard InChI is InChI=1S/C9H7F2N/c1-6-3-2-4-7(5-12)8(6)9(10)11/h2-4,9H,1H3. The Bertz CT molecular complexity index is 326. The van der Waals surface area contributed by atoms with Gasteiger partial charge in [-0.05, 0) is 18.6 Å². The Balaban J connectivity index is 3.32. The van der Waals surface area contributed by atoms with Crippen LogP contribution in [0.5, 0.6) is 0 Å². The quantitative estimate of drug-likeness (QED) is 0.630. The highest BCUT2D eigenvalue weighted by Crippen LogP contribution is 2.25. The summed E-state index contributed by atoms with van der Waals surface area (Å²) in [7, 11) is 0. The van der Waals surface area contributed by atoms with Crippen LogP contribution in [-0.4, -0.2) is 0 Å². The Morgan fingerprint density at radius 3 is 2.50 bits per heavy atom. The van der Waals surface area contributed by atoms with Crippen molar-refractivity contribution in [2.24, 2.45) is 0 Å². The van der Waals surface area contributed by atoms with Crippen LogP contribution in [-0.2, 0) is 0 Å². The van der Waals surface area contributed by atoms with E-state index in [1.165, 1.54) is 6.07 Å². The van der Waals surface area contributed by atoms with Gasteiger partial charge in [0.1, 0.15) is 0 Å². The van der Waals surface area contributed by atoms with Gasteiger partial charge in [-0.3, -0.25) is 0 Å². The molecule has 0 saturated carbocycles. The van der Waals surface area contributed by atoms with Crippen molar-refractivity contribution in [3.8, 4) is 6.07 Å². The highest BCUT2D eigenvalue weighted by atomic mass is 19.3. The summed E-state index contributed by atoms with van der Waals surface area (Å²) in [4.78, 5) is 0. The smallest absolute Gasteiger partial charge is 0.205 e. The van der Waals surface area contributed by atoms with Crippen molar-refractivity contribution in [3.05, 3.63) is 34.9 Å². The number of alkyl halides is 2. The first-order valence-corrected chi connectivity index (χ1v) is 3.44. The fourth-order valence-corrected chi connectivity index (χ4v) is 1.07. The fourth-order valence-electron chi connectivity index (χ4n) is 1.07. The summed E-state index contributed by atoms with van der Waals surface area (Å²) in [6, 6.07) is 6.30. The van der Waals surface area contributed by atoms with E-state index in [-0.39, 0.29) is 11.1 Å². The molecule has 0 aliphatic carbocycles. The van der Waals surface area contributed by atoms with Crippen LogP contribution in [0.1, 0.15) is 23.1 Å². The number of benzene rings is 1. The molecule has 0 atom stereocenters. The molecule has 0 heterocycles. The SMILES string of the molecule is Cc1cccc(C#N)c1C(F)F. The molecule has 1 aromatic rings. The summed E-state index contributed by atoms with van der Waals surface area (Å²) in [6.45, 7) is 1.57. The Labute approximate surface area is 69.2 Å². The van der Waals surface area contributed by atoms with Crippen LogP contribution in [0, 0.1) is 18.3 Å². The van der Waals surface area contributed by atoms with Crippen LogP contribution < -0.4 is 0 Å². The largest absolute Gasteiger partial charge is 0.265 e. The molecule has 0 N–H and O–H groups in total. The minimum atomic E-state index is -2.57. The number of rotatable bonds is 1. The molecule has 0 aliphatic rings. The predicted octanol–water partition coefficient (Wildman–Crippen LogP) is 2.80. The van der Waals surface area contributed by atoms with Gasteiger partial charge in [0.05, 0.1) is 11.6 Å². The van der Waals surface area contributed by atoms with Gasteiger partial charge in [0, 0.05) is 5.56 Å². The van der Waals surface area contributed by atoms with E-state index in [0.29, 0.717) is 5.56 Å². The van der Waals surface area contributed by atoms with E-state index >= 15 is 0 Å². The Morgan fingerprint density at radius 1 is 1.42 bits per heavy atom. The highest BCUT2D eigenvalue weighted by Gasteiger charge is 2.14. The monoisotopic (exact) mass is 167 g/mol. The van der Waals surface area contributed by atoms with E-state index in [2.05, 4.69) is 0 Å². The first-order chi connectivity index (χ1) is 5.66. The van der Waals surface area contributed by atoms with E-state index in [4.69, 9.17) is 5.26 Å². The maximum atomic E-state index is 12.3. The Kier molecular flexibility index (Phi) is 2.39. The molecule has 0 amide bonds. The van der Waals surface area contributed by atoms with Crippen LogP contribution in [0.3, 0.4) is 0 Å². The zero-order valence-electron chi connectivity index (χ0n) is 6.51. The third-order valence-electron chi connectivity index (χ3n) is 1.66. The molecule has 3 heteroatoms. The first-order valence-electron chi connectivity index (χ1n) is 3.44. The molecule has 0 radical (unpaired) electrons. The molecule has 1 aromatic carbocycles. The van der Waals surface area contributed by atoms with Gasteiger partial charge in [-0.2, -0.15) is 5.26 Å². The van der Waals surface area contributed by atoms with E-state index in [0.717, 1.165) is 0 Å². The number of hydrogen-bond acceptors (Lipinski definition) is 1. The third-order valence-corrected chi connectivity index (χ3v) is 1.66. The average Bonchev–Trinajstić information content (AvgIpc) is 2.03. The number of hydrogen-bond donors (Lipinski definition) is 0. The van der Waals surface area contributed by atoms with Gasteiger partial charge in [-0.1, -0.05) is 12.1 Å². The van der Waals surface area contributed by atoms with Crippen LogP contribution in [0.25, 0.3) is 0 Å². The fraction of sp³-hybridized carbons (Fsp3) is 0.222. The lowest BCUT2D eigenvalue weighted by Crippen LogP contribution is -1.93. The van der Waals surface area contributed by atoms with Crippen molar-refractivity contribution in [3.63, 3.8) is 0 Å². The van der Waals surface area contributed by atoms with Gasteiger partial charge in [0.2, 0.25) is 0 Å². The minimum absolute atomic E-state index is 0.0602. The summed E-state index contributed by atoms with van der Waals surface area (Å²) in [6.07, 6.45) is -2.57. The molecule has 1 nitrogen and oxygen atoms in total. The molecule has 0 aromatic heterocycles. The van der Waals surface area contributed by atoms with Gasteiger partial charge >= 0.3 is 0 Å². The topological polar surface area (TPSA) is 23.8 Å². The second kappa shape index (κ2) is 3.31. The third kappa shape index (κ3) is 1.42. The van der Waals surface area contributed by atoms with Crippen molar-refractivity contribution in [2.75, 3.05) is 0 Å². The van der Waals surface area contributed by atoms with E-state index < -0.39 is 6.43 Å². The van der Waals surface area contributed by atoms with Crippen LogP contribution in [0.15, 0.2) is 18.2 Å². The molecule has 0 spiro atoms. The zero-order valence-corrected chi connectivity index (χ0v) is 6.51. The zero-order chi connectivity index (χ0) is 9.14. The second-order valence-corrected chi connectivity index (χ2v) is 2.45. The minimum Gasteiger partial charge on any atom is -0.205 e. The summed E-state index contributed by atoms with van der Waals surface area (Å²) in [5, 5.41) is 8.51. The molecule has 1 rings (SSSR count). The normalized spacial score (nSPS) is 9.92. The summed E-state index contributed by atoms with van der Waals surface area (Å²) < 4.78 is 24.6. The lowest BCUT2D eigenvalue weighted by atomic mass is 10.0. The van der Waals surface area contributed by atoms with Gasteiger partial charge in [0.25, 0.3) is 6.43 Å². The molecular weight excluding hydrogens is 160 g/mol. The first kappa shape index (κ1) is 8.66. The number of halogens is 2. The Morgan fingerprint density at radius 2 is 2.08 bits per heavy atom. The van der Waals surface area contributed by atoms with Crippen molar-refractivity contribution in [1.82, 2.24) is 0 Å². The maximum absolute atomic E-state index is 12.3. The van der Waals surface area contributed by atoms with E-state index in [1.54, 1.807) is 25.1 Å². The molecule has 0 fully saturated rings. The number of nitriles is 1. The second-order valence-electron chi connectivity index (χ2n) is 2.45. The van der Waals surface area contributed by atoms with Crippen molar-refractivity contribution in [2.45, 2.75) is 13.3 Å². The highest BCUT2D eigenvalue weighted by molar-refractivity contribution is 5.42. The van der Waals surface area contributed by atoms with Gasteiger partial charge < -0.3 is 0 Å². The van der Waals surface area contributed by atoms with Crippen molar-refractivity contribution < 1.29 is 8.78 Å². The molecular formula is C9H7F2N. The molecule has 0 unspecified atom stereocenters. The summed E-state index contributed by atoms with van der Waals surface area (Å²) in [5.41, 5.74) is 0.369. The van der Waals surface area contributed by atoms with Gasteiger partial charge in [0.15, 0.2) is 0 Å². The van der Waals surface area contributed by atoms with Crippen LogP contribution >= 0.6 is 0 Å². The lowest BCUT2D eigenvalue weighted by molar-refractivity contribution is 0.150. The number of nitrogens with zero attached hydrogens (tertiary/aromatic N) is 1.